The van der Waals surface area contributed by atoms with Crippen LogP contribution < -0.4 is 15.5 Å². The first-order valence-electron chi connectivity index (χ1n) is 9.55. The zero-order chi connectivity index (χ0) is 20.8. The third-order valence-electron chi connectivity index (χ3n) is 4.88. The number of nitrogens with one attached hydrogen (secondary N) is 2. The molecule has 154 valence electrons. The Hall–Kier alpha value is -3.36. The van der Waals surface area contributed by atoms with Crippen molar-refractivity contribution in [3.8, 4) is 0 Å². The summed E-state index contributed by atoms with van der Waals surface area (Å²) in [5, 5.41) is 18.6. The van der Waals surface area contributed by atoms with Crippen molar-refractivity contribution in [1.29, 1.82) is 0 Å². The summed E-state index contributed by atoms with van der Waals surface area (Å²) in [6.45, 7) is 0.502. The number of hydrogen-bond acceptors (Lipinski definition) is 4. The van der Waals surface area contributed by atoms with Gasteiger partial charge in [0.25, 0.3) is 0 Å². The molecule has 1 aliphatic rings. The third-order valence-corrected chi connectivity index (χ3v) is 4.88. The highest BCUT2D eigenvalue weighted by Gasteiger charge is 2.34. The predicted octanol–water partition coefficient (Wildman–Crippen LogP) is 1.30. The van der Waals surface area contributed by atoms with Gasteiger partial charge in [-0.15, -0.1) is 0 Å². The van der Waals surface area contributed by atoms with E-state index >= 15 is 0 Å². The molecule has 3 rings (SSSR count). The first kappa shape index (κ1) is 20.4. The van der Waals surface area contributed by atoms with Crippen LogP contribution >= 0.6 is 0 Å². The van der Waals surface area contributed by atoms with Gasteiger partial charge in [-0.1, -0.05) is 30.3 Å². The SMILES string of the molecule is Cn1cc(N2CCC(NC(=O)NC(CCC(=O)O)Cc3ccccc3)C2=O)cn1. The van der Waals surface area contributed by atoms with Gasteiger partial charge in [0.2, 0.25) is 5.91 Å². The van der Waals surface area contributed by atoms with Crippen LogP contribution in [-0.4, -0.2) is 51.4 Å². The molecule has 2 unspecified atom stereocenters. The quantitative estimate of drug-likeness (QED) is 0.619. The highest BCUT2D eigenvalue weighted by Crippen LogP contribution is 2.20. The number of benzene rings is 1. The Balaban J connectivity index is 1.57. The summed E-state index contributed by atoms with van der Waals surface area (Å²) in [5.74, 6) is -1.10. The molecule has 1 aromatic heterocycles. The lowest BCUT2D eigenvalue weighted by Gasteiger charge is -2.20. The van der Waals surface area contributed by atoms with Gasteiger partial charge in [-0.25, -0.2) is 4.79 Å². The van der Waals surface area contributed by atoms with Crippen LogP contribution in [0.25, 0.3) is 0 Å². The molecule has 0 spiro atoms. The fourth-order valence-corrected chi connectivity index (χ4v) is 3.42. The maximum atomic E-state index is 12.6. The highest BCUT2D eigenvalue weighted by molar-refractivity contribution is 6.01. The van der Waals surface area contributed by atoms with Crippen LogP contribution in [0.3, 0.4) is 0 Å². The summed E-state index contributed by atoms with van der Waals surface area (Å²) in [7, 11) is 1.78. The topological polar surface area (TPSA) is 117 Å². The Kier molecular flexibility index (Phi) is 6.48. The molecule has 1 saturated heterocycles. The van der Waals surface area contributed by atoms with Gasteiger partial charge in [0.15, 0.2) is 0 Å². The van der Waals surface area contributed by atoms with E-state index in [0.717, 1.165) is 5.56 Å². The Morgan fingerprint density at radius 1 is 1.31 bits per heavy atom. The number of carbonyl (C=O) groups excluding carboxylic acids is 2. The van der Waals surface area contributed by atoms with E-state index in [0.29, 0.717) is 31.5 Å². The second-order valence-electron chi connectivity index (χ2n) is 7.14. The van der Waals surface area contributed by atoms with Crippen LogP contribution in [-0.2, 0) is 23.1 Å². The first-order valence-corrected chi connectivity index (χ1v) is 9.55. The molecule has 29 heavy (non-hydrogen) atoms. The number of hydrogen-bond donors (Lipinski definition) is 3. The van der Waals surface area contributed by atoms with Gasteiger partial charge in [0.1, 0.15) is 6.04 Å². The number of aryl methyl sites for hydroxylation is 1. The van der Waals surface area contributed by atoms with Gasteiger partial charge in [-0.2, -0.15) is 5.10 Å². The second kappa shape index (κ2) is 9.22. The number of rotatable bonds is 8. The molecule has 0 aliphatic carbocycles. The van der Waals surface area contributed by atoms with E-state index in [-0.39, 0.29) is 18.4 Å². The number of carboxylic acid groups (broad SMARTS) is 1. The largest absolute Gasteiger partial charge is 0.481 e. The number of urea groups is 1. The van der Waals surface area contributed by atoms with Crippen LogP contribution in [0, 0.1) is 0 Å². The molecule has 0 bridgehead atoms. The molecular formula is C20H25N5O4. The third kappa shape index (κ3) is 5.56. The standard InChI is InChI=1S/C20H25N5O4/c1-24-13-16(12-21-24)25-10-9-17(19(25)28)23-20(29)22-15(7-8-18(26)27)11-14-5-3-2-4-6-14/h2-6,12-13,15,17H,7-11H2,1H3,(H,26,27)(H2,22,23,29). The second-order valence-corrected chi connectivity index (χ2v) is 7.14. The molecular weight excluding hydrogens is 374 g/mol. The zero-order valence-corrected chi connectivity index (χ0v) is 16.2. The van der Waals surface area contributed by atoms with Crippen LogP contribution in [0.1, 0.15) is 24.8 Å². The number of amides is 3. The maximum absolute atomic E-state index is 12.6. The summed E-state index contributed by atoms with van der Waals surface area (Å²) in [5.41, 5.74) is 1.70. The number of anilines is 1. The van der Waals surface area contributed by atoms with Gasteiger partial charge < -0.3 is 20.6 Å². The molecule has 1 fully saturated rings. The van der Waals surface area contributed by atoms with Crippen molar-refractivity contribution < 1.29 is 19.5 Å². The van der Waals surface area contributed by atoms with Gasteiger partial charge in [0.05, 0.1) is 11.9 Å². The highest BCUT2D eigenvalue weighted by atomic mass is 16.4. The summed E-state index contributed by atoms with van der Waals surface area (Å²) >= 11 is 0. The number of carbonyl (C=O) groups is 3. The number of nitrogens with zero attached hydrogens (tertiary/aromatic N) is 3. The average molecular weight is 399 g/mol. The van der Waals surface area contributed by atoms with E-state index in [1.807, 2.05) is 30.3 Å². The Morgan fingerprint density at radius 2 is 2.07 bits per heavy atom. The van der Waals surface area contributed by atoms with E-state index in [9.17, 15) is 14.4 Å². The van der Waals surface area contributed by atoms with Crippen molar-refractivity contribution in [1.82, 2.24) is 20.4 Å². The molecule has 3 amide bonds. The summed E-state index contributed by atoms with van der Waals surface area (Å²) in [4.78, 5) is 37.6. The number of carboxylic acids is 1. The van der Waals surface area contributed by atoms with E-state index in [1.165, 1.54) is 0 Å². The van der Waals surface area contributed by atoms with Crippen molar-refractivity contribution >= 4 is 23.6 Å². The van der Waals surface area contributed by atoms with Gasteiger partial charge in [-0.3, -0.25) is 14.3 Å². The minimum Gasteiger partial charge on any atom is -0.481 e. The Bertz CT molecular complexity index is 867. The number of aromatic nitrogens is 2. The monoisotopic (exact) mass is 399 g/mol. The Labute approximate surface area is 168 Å². The van der Waals surface area contributed by atoms with Gasteiger partial charge >= 0.3 is 12.0 Å². The molecule has 1 aliphatic heterocycles. The van der Waals surface area contributed by atoms with E-state index in [4.69, 9.17) is 5.11 Å². The minimum atomic E-state index is -0.914. The van der Waals surface area contributed by atoms with E-state index in [1.54, 1.807) is 29.0 Å². The lowest BCUT2D eigenvalue weighted by Crippen LogP contribution is -2.49. The lowest BCUT2D eigenvalue weighted by molar-refractivity contribution is -0.137. The van der Waals surface area contributed by atoms with Crippen LogP contribution in [0.4, 0.5) is 10.5 Å². The van der Waals surface area contributed by atoms with Crippen molar-refractivity contribution in [2.75, 3.05) is 11.4 Å². The fourth-order valence-electron chi connectivity index (χ4n) is 3.42. The molecule has 3 N–H and O–H groups in total. The van der Waals surface area contributed by atoms with E-state index < -0.39 is 18.0 Å². The molecule has 9 nitrogen and oxygen atoms in total. The van der Waals surface area contributed by atoms with Crippen molar-refractivity contribution in [2.24, 2.45) is 7.05 Å². The minimum absolute atomic E-state index is 0.0467. The predicted molar refractivity (Wildman–Crippen MR) is 106 cm³/mol. The first-order chi connectivity index (χ1) is 13.9. The number of aliphatic carboxylic acids is 1. The molecule has 1 aromatic carbocycles. The smallest absolute Gasteiger partial charge is 0.315 e. The molecule has 9 heteroatoms. The molecule has 2 atom stereocenters. The summed E-state index contributed by atoms with van der Waals surface area (Å²) in [6, 6.07) is 8.12. The molecule has 2 aromatic rings. The van der Waals surface area contributed by atoms with Crippen molar-refractivity contribution in [2.45, 2.75) is 37.8 Å². The normalized spacial score (nSPS) is 17.2. The van der Waals surface area contributed by atoms with E-state index in [2.05, 4.69) is 15.7 Å². The molecule has 2 heterocycles. The zero-order valence-electron chi connectivity index (χ0n) is 16.2. The van der Waals surface area contributed by atoms with Crippen LogP contribution in [0.5, 0.6) is 0 Å². The lowest BCUT2D eigenvalue weighted by atomic mass is 10.0. The van der Waals surface area contributed by atoms with Gasteiger partial charge in [-0.05, 0) is 24.8 Å². The van der Waals surface area contributed by atoms with Crippen LogP contribution in [0.15, 0.2) is 42.7 Å². The fraction of sp³-hybridized carbons (Fsp3) is 0.400. The maximum Gasteiger partial charge on any atom is 0.315 e. The Morgan fingerprint density at radius 3 is 2.72 bits per heavy atom. The van der Waals surface area contributed by atoms with Crippen molar-refractivity contribution in [3.05, 3.63) is 48.3 Å². The average Bonchev–Trinajstić information content (AvgIpc) is 3.26. The molecule has 0 radical (unpaired) electrons. The van der Waals surface area contributed by atoms with Crippen molar-refractivity contribution in [3.63, 3.8) is 0 Å². The summed E-state index contributed by atoms with van der Waals surface area (Å²) in [6.07, 6.45) is 4.64. The van der Waals surface area contributed by atoms with Crippen LogP contribution in [0.2, 0.25) is 0 Å². The summed E-state index contributed by atoms with van der Waals surface area (Å²) < 4.78 is 1.62. The molecule has 0 saturated carbocycles. The van der Waals surface area contributed by atoms with Gasteiger partial charge in [0, 0.05) is 32.3 Å².